The Balaban J connectivity index is 2.65. The van der Waals surface area contributed by atoms with Gasteiger partial charge in [0.05, 0.1) is 6.04 Å². The average Bonchev–Trinajstić information content (AvgIpc) is 2.26. The Kier molecular flexibility index (Phi) is 4.47. The molecule has 0 aliphatic rings. The van der Waals surface area contributed by atoms with E-state index in [1.54, 1.807) is 25.1 Å². The van der Waals surface area contributed by atoms with Crippen LogP contribution in [0.1, 0.15) is 6.92 Å². The van der Waals surface area contributed by atoms with Crippen LogP contribution in [0.3, 0.4) is 0 Å². The molecule has 0 bridgehead atoms. The minimum absolute atomic E-state index is 0.319. The Morgan fingerprint density at radius 3 is 2.82 bits per heavy atom. The number of nitrogens with one attached hydrogen (secondary N) is 1. The summed E-state index contributed by atoms with van der Waals surface area (Å²) in [6.07, 6.45) is 0. The minimum atomic E-state index is -1.06. The predicted octanol–water partition coefficient (Wildman–Crippen LogP) is 0.436. The number of hydrogen-bond donors (Lipinski definition) is 3. The molecular formula is C11H14N2O4. The molecule has 0 aliphatic heterocycles. The number of aliphatic carboxylic acids is 1. The first kappa shape index (κ1) is 13.0. The summed E-state index contributed by atoms with van der Waals surface area (Å²) in [6.45, 7) is 1.14. The van der Waals surface area contributed by atoms with Crippen molar-refractivity contribution in [3.8, 4) is 5.75 Å². The van der Waals surface area contributed by atoms with Crippen LogP contribution in [0, 0.1) is 0 Å². The number of carbonyl (C=O) groups is 2. The second kappa shape index (κ2) is 5.86. The molecular weight excluding hydrogens is 224 g/mol. The van der Waals surface area contributed by atoms with Crippen molar-refractivity contribution in [3.63, 3.8) is 0 Å². The van der Waals surface area contributed by atoms with Crippen LogP contribution in [0.4, 0.5) is 5.69 Å². The summed E-state index contributed by atoms with van der Waals surface area (Å²) in [5, 5.41) is 11.0. The molecule has 1 aromatic carbocycles. The molecule has 1 aromatic rings. The highest BCUT2D eigenvalue weighted by Gasteiger charge is 2.08. The van der Waals surface area contributed by atoms with Crippen LogP contribution < -0.4 is 15.8 Å². The van der Waals surface area contributed by atoms with Crippen LogP contribution >= 0.6 is 0 Å². The van der Waals surface area contributed by atoms with Gasteiger partial charge in [-0.2, -0.15) is 0 Å². The first-order valence-electron chi connectivity index (χ1n) is 5.00. The summed E-state index contributed by atoms with van der Waals surface area (Å²) >= 11 is 0. The van der Waals surface area contributed by atoms with Gasteiger partial charge in [0.2, 0.25) is 5.91 Å². The number of benzene rings is 1. The second-order valence-corrected chi connectivity index (χ2v) is 3.49. The number of ether oxygens (including phenoxy) is 1. The average molecular weight is 238 g/mol. The number of rotatable bonds is 5. The number of carboxylic acids is 1. The number of nitrogens with two attached hydrogens (primary N) is 1. The van der Waals surface area contributed by atoms with E-state index in [1.807, 2.05) is 0 Å². The van der Waals surface area contributed by atoms with Gasteiger partial charge >= 0.3 is 5.97 Å². The zero-order valence-electron chi connectivity index (χ0n) is 9.34. The van der Waals surface area contributed by atoms with Crippen molar-refractivity contribution in [2.75, 3.05) is 11.9 Å². The van der Waals surface area contributed by atoms with Gasteiger partial charge in [-0.25, -0.2) is 4.79 Å². The molecule has 1 amide bonds. The predicted molar refractivity (Wildman–Crippen MR) is 61.9 cm³/mol. The van der Waals surface area contributed by atoms with Gasteiger partial charge in [-0.15, -0.1) is 0 Å². The van der Waals surface area contributed by atoms with Crippen LogP contribution in [0.5, 0.6) is 5.75 Å². The molecule has 0 unspecified atom stereocenters. The lowest BCUT2D eigenvalue weighted by atomic mass is 10.2. The number of hydrogen-bond acceptors (Lipinski definition) is 4. The van der Waals surface area contributed by atoms with E-state index in [0.29, 0.717) is 11.4 Å². The molecule has 6 heteroatoms. The standard InChI is InChI=1S/C11H14N2O4/c1-7(12)11(16)13-8-3-2-4-9(5-8)17-6-10(14)15/h2-5,7H,6,12H2,1H3,(H,13,16)(H,14,15)/t7-/m1/s1. The maximum Gasteiger partial charge on any atom is 0.341 e. The third kappa shape index (κ3) is 4.52. The molecule has 6 nitrogen and oxygen atoms in total. The number of amides is 1. The van der Waals surface area contributed by atoms with E-state index in [1.165, 1.54) is 6.07 Å². The molecule has 0 saturated carbocycles. The fourth-order valence-corrected chi connectivity index (χ4v) is 1.06. The number of carbonyl (C=O) groups excluding carboxylic acids is 1. The Hall–Kier alpha value is -2.08. The molecule has 0 aromatic heterocycles. The van der Waals surface area contributed by atoms with Gasteiger partial charge < -0.3 is 20.9 Å². The molecule has 0 saturated heterocycles. The normalized spacial score (nSPS) is 11.6. The molecule has 1 rings (SSSR count). The maximum atomic E-state index is 11.3. The van der Waals surface area contributed by atoms with Crippen LogP contribution in [-0.2, 0) is 9.59 Å². The van der Waals surface area contributed by atoms with E-state index in [-0.39, 0.29) is 5.91 Å². The Morgan fingerprint density at radius 1 is 1.53 bits per heavy atom. The fraction of sp³-hybridized carbons (Fsp3) is 0.273. The van der Waals surface area contributed by atoms with Crippen molar-refractivity contribution in [1.29, 1.82) is 0 Å². The van der Waals surface area contributed by atoms with Crippen LogP contribution in [0.25, 0.3) is 0 Å². The lowest BCUT2D eigenvalue weighted by molar-refractivity contribution is -0.139. The summed E-state index contributed by atoms with van der Waals surface area (Å²) in [5.41, 5.74) is 5.91. The molecule has 0 aliphatic carbocycles. The van der Waals surface area contributed by atoms with Crippen molar-refractivity contribution in [3.05, 3.63) is 24.3 Å². The zero-order chi connectivity index (χ0) is 12.8. The highest BCUT2D eigenvalue weighted by molar-refractivity contribution is 5.94. The monoisotopic (exact) mass is 238 g/mol. The second-order valence-electron chi connectivity index (χ2n) is 3.49. The summed E-state index contributed by atoms with van der Waals surface area (Å²) in [6, 6.07) is 5.83. The minimum Gasteiger partial charge on any atom is -0.482 e. The van der Waals surface area contributed by atoms with Crippen LogP contribution in [0.15, 0.2) is 24.3 Å². The zero-order valence-corrected chi connectivity index (χ0v) is 9.34. The number of anilines is 1. The molecule has 0 radical (unpaired) electrons. The van der Waals surface area contributed by atoms with Crippen molar-refractivity contribution < 1.29 is 19.4 Å². The lowest BCUT2D eigenvalue weighted by Crippen LogP contribution is -2.32. The molecule has 17 heavy (non-hydrogen) atoms. The topological polar surface area (TPSA) is 102 Å². The van der Waals surface area contributed by atoms with E-state index < -0.39 is 18.6 Å². The van der Waals surface area contributed by atoms with E-state index in [9.17, 15) is 9.59 Å². The Bertz CT molecular complexity index is 418. The highest BCUT2D eigenvalue weighted by atomic mass is 16.5. The first-order chi connectivity index (χ1) is 7.99. The van der Waals surface area contributed by atoms with Crippen molar-refractivity contribution >= 4 is 17.6 Å². The van der Waals surface area contributed by atoms with Gasteiger partial charge in [0.25, 0.3) is 0 Å². The SMILES string of the molecule is C[C@@H](N)C(=O)Nc1cccc(OCC(=O)O)c1. The van der Waals surface area contributed by atoms with Crippen LogP contribution in [-0.4, -0.2) is 29.6 Å². The summed E-state index contributed by atoms with van der Waals surface area (Å²) in [5.74, 6) is -1.01. The molecule has 1 atom stereocenters. The van der Waals surface area contributed by atoms with E-state index in [4.69, 9.17) is 15.6 Å². The molecule has 92 valence electrons. The Labute approximate surface area is 98.4 Å². The van der Waals surface area contributed by atoms with Gasteiger partial charge in [-0.3, -0.25) is 4.79 Å². The highest BCUT2D eigenvalue weighted by Crippen LogP contribution is 2.17. The first-order valence-corrected chi connectivity index (χ1v) is 5.00. The quantitative estimate of drug-likeness (QED) is 0.690. The third-order valence-corrected chi connectivity index (χ3v) is 1.88. The van der Waals surface area contributed by atoms with Gasteiger partial charge in [0, 0.05) is 11.8 Å². The molecule has 4 N–H and O–H groups in total. The van der Waals surface area contributed by atoms with Crippen molar-refractivity contribution in [2.45, 2.75) is 13.0 Å². The smallest absolute Gasteiger partial charge is 0.341 e. The van der Waals surface area contributed by atoms with E-state index in [2.05, 4.69) is 5.32 Å². The summed E-state index contributed by atoms with van der Waals surface area (Å²) < 4.78 is 4.97. The Morgan fingerprint density at radius 2 is 2.24 bits per heavy atom. The number of carboxylic acid groups (broad SMARTS) is 1. The van der Waals surface area contributed by atoms with E-state index >= 15 is 0 Å². The molecule has 0 spiro atoms. The summed E-state index contributed by atoms with van der Waals surface area (Å²) in [7, 11) is 0. The molecule has 0 heterocycles. The van der Waals surface area contributed by atoms with E-state index in [0.717, 1.165) is 0 Å². The van der Waals surface area contributed by atoms with Crippen molar-refractivity contribution in [1.82, 2.24) is 0 Å². The van der Waals surface area contributed by atoms with Crippen molar-refractivity contribution in [2.24, 2.45) is 5.73 Å². The van der Waals surface area contributed by atoms with Crippen LogP contribution in [0.2, 0.25) is 0 Å². The van der Waals surface area contributed by atoms with Gasteiger partial charge in [-0.05, 0) is 19.1 Å². The molecule has 0 fully saturated rings. The summed E-state index contributed by atoms with van der Waals surface area (Å²) in [4.78, 5) is 21.6. The van der Waals surface area contributed by atoms with Gasteiger partial charge in [-0.1, -0.05) is 6.07 Å². The van der Waals surface area contributed by atoms with Gasteiger partial charge in [0.1, 0.15) is 5.75 Å². The van der Waals surface area contributed by atoms with Gasteiger partial charge in [0.15, 0.2) is 6.61 Å². The largest absolute Gasteiger partial charge is 0.482 e. The fourth-order valence-electron chi connectivity index (χ4n) is 1.06. The third-order valence-electron chi connectivity index (χ3n) is 1.88. The maximum absolute atomic E-state index is 11.3. The lowest BCUT2D eigenvalue weighted by Gasteiger charge is -2.09.